The minimum Gasteiger partial charge on any atom is -0.351 e. The van der Waals surface area contributed by atoms with Gasteiger partial charge in [0.25, 0.3) is 5.91 Å². The Labute approximate surface area is 121 Å². The average Bonchev–Trinajstić information content (AvgIpc) is 2.80. The van der Waals surface area contributed by atoms with Gasteiger partial charge in [-0.3, -0.25) is 4.79 Å². The Morgan fingerprint density at radius 2 is 2.14 bits per heavy atom. The predicted molar refractivity (Wildman–Crippen MR) is 77.4 cm³/mol. The normalized spacial score (nSPS) is 21.3. The lowest BCUT2D eigenvalue weighted by Gasteiger charge is -2.22. The van der Waals surface area contributed by atoms with E-state index in [2.05, 4.69) is 10.3 Å². The Morgan fingerprint density at radius 1 is 1.33 bits per heavy atom. The highest BCUT2D eigenvalue weighted by Crippen LogP contribution is 2.17. The summed E-state index contributed by atoms with van der Waals surface area (Å²) in [6.45, 7) is 0. The maximum absolute atomic E-state index is 13.1. The number of fused-ring (bicyclic) bond motifs is 1. The van der Waals surface area contributed by atoms with Crippen molar-refractivity contribution in [2.24, 2.45) is 0 Å². The average molecular weight is 310 g/mol. The fourth-order valence-electron chi connectivity index (χ4n) is 2.63. The Morgan fingerprint density at radius 3 is 2.90 bits per heavy atom. The highest BCUT2D eigenvalue weighted by Gasteiger charge is 2.26. The molecular weight excluding hydrogens is 295 g/mol. The highest BCUT2D eigenvalue weighted by molar-refractivity contribution is 7.91. The second-order valence-corrected chi connectivity index (χ2v) is 7.57. The van der Waals surface area contributed by atoms with E-state index in [-0.39, 0.29) is 29.3 Å². The van der Waals surface area contributed by atoms with E-state index in [9.17, 15) is 17.6 Å². The molecule has 0 radical (unpaired) electrons. The number of rotatable bonds is 2. The number of hydrogen-bond acceptors (Lipinski definition) is 3. The first-order valence-corrected chi connectivity index (χ1v) is 8.55. The number of sulfone groups is 1. The summed E-state index contributed by atoms with van der Waals surface area (Å²) >= 11 is 0. The molecular formula is C14H15FN2O3S. The zero-order chi connectivity index (χ0) is 15.0. The van der Waals surface area contributed by atoms with Crippen molar-refractivity contribution < 1.29 is 17.6 Å². The van der Waals surface area contributed by atoms with Gasteiger partial charge in [0.05, 0.1) is 11.5 Å². The fraction of sp³-hybridized carbons (Fsp3) is 0.357. The molecule has 2 N–H and O–H groups in total. The zero-order valence-corrected chi connectivity index (χ0v) is 12.0. The van der Waals surface area contributed by atoms with Crippen LogP contribution >= 0.6 is 0 Å². The molecule has 1 fully saturated rings. The molecule has 1 aliphatic heterocycles. The van der Waals surface area contributed by atoms with Gasteiger partial charge in [-0.2, -0.15) is 0 Å². The molecule has 2 aromatic rings. The predicted octanol–water partition coefficient (Wildman–Crippen LogP) is 1.61. The number of carbonyl (C=O) groups is 1. The minimum absolute atomic E-state index is 0.0202. The van der Waals surface area contributed by atoms with Crippen molar-refractivity contribution in [2.75, 3.05) is 11.5 Å². The van der Waals surface area contributed by atoms with Crippen LogP contribution in [0.15, 0.2) is 24.3 Å². The van der Waals surface area contributed by atoms with Crippen LogP contribution in [0.3, 0.4) is 0 Å². The van der Waals surface area contributed by atoms with E-state index >= 15 is 0 Å². The second kappa shape index (κ2) is 5.14. The summed E-state index contributed by atoms with van der Waals surface area (Å²) in [5.74, 6) is -0.570. The molecule has 3 rings (SSSR count). The summed E-state index contributed by atoms with van der Waals surface area (Å²) in [5, 5.41) is 3.33. The van der Waals surface area contributed by atoms with Crippen LogP contribution in [0, 0.1) is 5.82 Å². The Kier molecular flexibility index (Phi) is 3.44. The molecule has 21 heavy (non-hydrogen) atoms. The number of halogens is 1. The molecule has 1 aromatic carbocycles. The van der Waals surface area contributed by atoms with Gasteiger partial charge in [0.1, 0.15) is 11.5 Å². The minimum atomic E-state index is -3.06. The van der Waals surface area contributed by atoms with Crippen LogP contribution < -0.4 is 5.32 Å². The number of carbonyl (C=O) groups excluding carboxylic acids is 1. The van der Waals surface area contributed by atoms with Crippen LogP contribution in [-0.2, 0) is 9.84 Å². The molecule has 0 saturated carbocycles. The number of H-pyrrole nitrogens is 1. The standard InChI is InChI=1S/C14H15FN2O3S/c15-10-3-4-12-9(6-10)7-13(17-12)14(18)16-11-2-1-5-21(19,20)8-11/h3-4,6-7,11,17H,1-2,5,8H2,(H,16,18)/t11-/m1/s1. The van der Waals surface area contributed by atoms with Gasteiger partial charge < -0.3 is 10.3 Å². The Balaban J connectivity index is 1.77. The molecule has 2 heterocycles. The fourth-order valence-corrected chi connectivity index (χ4v) is 4.26. The van der Waals surface area contributed by atoms with Gasteiger partial charge in [0.15, 0.2) is 9.84 Å². The second-order valence-electron chi connectivity index (χ2n) is 5.34. The van der Waals surface area contributed by atoms with Gasteiger partial charge in [-0.05, 0) is 37.1 Å². The van der Waals surface area contributed by atoms with Crippen molar-refractivity contribution in [1.82, 2.24) is 10.3 Å². The number of nitrogens with one attached hydrogen (secondary N) is 2. The number of aromatic nitrogens is 1. The summed E-state index contributed by atoms with van der Waals surface area (Å²) in [4.78, 5) is 15.1. The molecule has 1 aromatic heterocycles. The third-order valence-electron chi connectivity index (χ3n) is 3.63. The molecule has 0 unspecified atom stereocenters. The van der Waals surface area contributed by atoms with Crippen molar-refractivity contribution in [3.63, 3.8) is 0 Å². The molecule has 5 nitrogen and oxygen atoms in total. The summed E-state index contributed by atoms with van der Waals surface area (Å²) < 4.78 is 36.2. The van der Waals surface area contributed by atoms with Crippen LogP contribution in [0.4, 0.5) is 4.39 Å². The van der Waals surface area contributed by atoms with Crippen molar-refractivity contribution in [3.8, 4) is 0 Å². The molecule has 1 atom stereocenters. The molecule has 112 valence electrons. The topological polar surface area (TPSA) is 79.0 Å². The van der Waals surface area contributed by atoms with Gasteiger partial charge in [-0.25, -0.2) is 12.8 Å². The highest BCUT2D eigenvalue weighted by atomic mass is 32.2. The molecule has 0 spiro atoms. The van der Waals surface area contributed by atoms with Gasteiger partial charge in [0, 0.05) is 16.9 Å². The summed E-state index contributed by atoms with van der Waals surface area (Å²) in [7, 11) is -3.06. The molecule has 0 aliphatic carbocycles. The van der Waals surface area contributed by atoms with Gasteiger partial charge in [-0.1, -0.05) is 0 Å². The Hall–Kier alpha value is -1.89. The van der Waals surface area contributed by atoms with Crippen LogP contribution in [0.1, 0.15) is 23.3 Å². The first kappa shape index (κ1) is 14.1. The van der Waals surface area contributed by atoms with E-state index in [4.69, 9.17) is 0 Å². The van der Waals surface area contributed by atoms with Crippen LogP contribution in [0.2, 0.25) is 0 Å². The smallest absolute Gasteiger partial charge is 0.267 e. The monoisotopic (exact) mass is 310 g/mol. The van der Waals surface area contributed by atoms with E-state index in [0.717, 1.165) is 0 Å². The third kappa shape index (κ3) is 3.07. The third-order valence-corrected chi connectivity index (χ3v) is 5.45. The lowest BCUT2D eigenvalue weighted by molar-refractivity contribution is 0.0934. The first-order chi connectivity index (χ1) is 9.93. The molecule has 0 bridgehead atoms. The molecule has 1 amide bonds. The Bertz CT molecular complexity index is 798. The maximum Gasteiger partial charge on any atom is 0.267 e. The van der Waals surface area contributed by atoms with Crippen molar-refractivity contribution in [2.45, 2.75) is 18.9 Å². The molecule has 1 aliphatic rings. The van der Waals surface area contributed by atoms with E-state index in [0.29, 0.717) is 29.4 Å². The maximum atomic E-state index is 13.1. The van der Waals surface area contributed by atoms with Crippen molar-refractivity contribution in [3.05, 3.63) is 35.8 Å². The van der Waals surface area contributed by atoms with E-state index in [1.54, 1.807) is 12.1 Å². The lowest BCUT2D eigenvalue weighted by Crippen LogP contribution is -2.43. The SMILES string of the molecule is O=C(N[C@@H]1CCCS(=O)(=O)C1)c1cc2cc(F)ccc2[nH]1. The lowest BCUT2D eigenvalue weighted by atomic mass is 10.2. The van der Waals surface area contributed by atoms with E-state index < -0.39 is 9.84 Å². The molecule has 7 heteroatoms. The van der Waals surface area contributed by atoms with Gasteiger partial charge in [-0.15, -0.1) is 0 Å². The number of amides is 1. The largest absolute Gasteiger partial charge is 0.351 e. The van der Waals surface area contributed by atoms with Crippen molar-refractivity contribution >= 4 is 26.6 Å². The van der Waals surface area contributed by atoms with E-state index in [1.165, 1.54) is 12.1 Å². The summed E-state index contributed by atoms with van der Waals surface area (Å²) in [5.41, 5.74) is 0.969. The molecule has 1 saturated heterocycles. The van der Waals surface area contributed by atoms with Crippen LogP contribution in [0.25, 0.3) is 10.9 Å². The van der Waals surface area contributed by atoms with Gasteiger partial charge >= 0.3 is 0 Å². The first-order valence-electron chi connectivity index (χ1n) is 6.72. The van der Waals surface area contributed by atoms with Crippen LogP contribution in [0.5, 0.6) is 0 Å². The van der Waals surface area contributed by atoms with Crippen molar-refractivity contribution in [1.29, 1.82) is 0 Å². The zero-order valence-electron chi connectivity index (χ0n) is 11.2. The quantitative estimate of drug-likeness (QED) is 0.884. The van der Waals surface area contributed by atoms with E-state index in [1.807, 2.05) is 0 Å². The summed E-state index contributed by atoms with van der Waals surface area (Å²) in [6.07, 6.45) is 1.21. The summed E-state index contributed by atoms with van der Waals surface area (Å²) in [6, 6.07) is 5.42. The van der Waals surface area contributed by atoms with Crippen LogP contribution in [-0.4, -0.2) is 36.9 Å². The number of benzene rings is 1. The number of hydrogen-bond donors (Lipinski definition) is 2. The van der Waals surface area contributed by atoms with Gasteiger partial charge in [0.2, 0.25) is 0 Å². The number of aromatic amines is 1.